The van der Waals surface area contributed by atoms with Crippen molar-refractivity contribution in [2.24, 2.45) is 0 Å². The van der Waals surface area contributed by atoms with Gasteiger partial charge in [0.2, 0.25) is 0 Å². The number of imidazole rings is 1. The molecule has 0 aliphatic carbocycles. The number of halogens is 1. The number of H-pyrrole nitrogens is 1. The SMILES string of the molecule is CC(C)c1nc(-c2cncn2C(C)C)[nH]c(=O)c1I. The summed E-state index contributed by atoms with van der Waals surface area (Å²) in [4.78, 5) is 23.6. The van der Waals surface area contributed by atoms with E-state index in [1.165, 1.54) is 0 Å². The third-order valence-electron chi connectivity index (χ3n) is 2.90. The number of rotatable bonds is 3. The van der Waals surface area contributed by atoms with Gasteiger partial charge in [-0.1, -0.05) is 13.8 Å². The van der Waals surface area contributed by atoms with E-state index in [0.717, 1.165) is 11.4 Å². The van der Waals surface area contributed by atoms with Gasteiger partial charge in [-0.05, 0) is 42.4 Å². The Morgan fingerprint density at radius 1 is 1.32 bits per heavy atom. The zero-order valence-electron chi connectivity index (χ0n) is 11.4. The van der Waals surface area contributed by atoms with Crippen molar-refractivity contribution in [2.75, 3.05) is 0 Å². The van der Waals surface area contributed by atoms with Crippen LogP contribution in [0.15, 0.2) is 17.3 Å². The molecule has 0 radical (unpaired) electrons. The summed E-state index contributed by atoms with van der Waals surface area (Å²) in [6.07, 6.45) is 3.49. The lowest BCUT2D eigenvalue weighted by molar-refractivity contribution is 0.602. The van der Waals surface area contributed by atoms with Crippen LogP contribution in [0.4, 0.5) is 0 Å². The van der Waals surface area contributed by atoms with Crippen LogP contribution < -0.4 is 5.56 Å². The van der Waals surface area contributed by atoms with Gasteiger partial charge in [-0.25, -0.2) is 9.97 Å². The van der Waals surface area contributed by atoms with E-state index < -0.39 is 0 Å². The van der Waals surface area contributed by atoms with Crippen LogP contribution >= 0.6 is 22.6 Å². The first-order chi connectivity index (χ1) is 8.91. The molecule has 0 saturated carbocycles. The molecule has 2 heterocycles. The van der Waals surface area contributed by atoms with Gasteiger partial charge >= 0.3 is 0 Å². The topological polar surface area (TPSA) is 63.6 Å². The van der Waals surface area contributed by atoms with Gasteiger partial charge in [0.15, 0.2) is 5.82 Å². The van der Waals surface area contributed by atoms with Gasteiger partial charge in [-0.3, -0.25) is 4.79 Å². The van der Waals surface area contributed by atoms with Crippen molar-refractivity contribution in [3.05, 3.63) is 32.1 Å². The van der Waals surface area contributed by atoms with Crippen LogP contribution in [-0.4, -0.2) is 19.5 Å². The first kappa shape index (κ1) is 14.2. The molecule has 2 aromatic rings. The molecule has 0 spiro atoms. The maximum atomic E-state index is 12.0. The highest BCUT2D eigenvalue weighted by atomic mass is 127. The highest BCUT2D eigenvalue weighted by Crippen LogP contribution is 2.22. The van der Waals surface area contributed by atoms with Crippen LogP contribution in [0.1, 0.15) is 45.3 Å². The molecule has 0 saturated heterocycles. The fourth-order valence-electron chi connectivity index (χ4n) is 1.88. The van der Waals surface area contributed by atoms with Crippen molar-refractivity contribution >= 4 is 22.6 Å². The molecule has 5 nitrogen and oxygen atoms in total. The Balaban J connectivity index is 2.63. The molecule has 6 heteroatoms. The molecule has 0 amide bonds. The van der Waals surface area contributed by atoms with Crippen molar-refractivity contribution in [1.82, 2.24) is 19.5 Å². The molecule has 0 aliphatic rings. The predicted molar refractivity (Wildman–Crippen MR) is 83.3 cm³/mol. The van der Waals surface area contributed by atoms with Crippen molar-refractivity contribution in [2.45, 2.75) is 39.7 Å². The molecule has 0 fully saturated rings. The molecule has 2 aromatic heterocycles. The van der Waals surface area contributed by atoms with Gasteiger partial charge in [0, 0.05) is 6.04 Å². The summed E-state index contributed by atoms with van der Waals surface area (Å²) in [5, 5.41) is 0. The Hall–Kier alpha value is -1.18. The number of hydrogen-bond acceptors (Lipinski definition) is 3. The minimum Gasteiger partial charge on any atom is -0.326 e. The van der Waals surface area contributed by atoms with Gasteiger partial charge in [-0.15, -0.1) is 0 Å². The van der Waals surface area contributed by atoms with E-state index in [0.29, 0.717) is 9.39 Å². The lowest BCUT2D eigenvalue weighted by Crippen LogP contribution is -2.18. The quantitative estimate of drug-likeness (QED) is 0.843. The average molecular weight is 372 g/mol. The fraction of sp³-hybridized carbons (Fsp3) is 0.462. The van der Waals surface area contributed by atoms with Crippen molar-refractivity contribution in [1.29, 1.82) is 0 Å². The van der Waals surface area contributed by atoms with E-state index in [9.17, 15) is 4.79 Å². The number of aromatic amines is 1. The highest BCUT2D eigenvalue weighted by Gasteiger charge is 2.16. The van der Waals surface area contributed by atoms with Gasteiger partial charge in [0.1, 0.15) is 5.69 Å². The molecular weight excluding hydrogens is 355 g/mol. The maximum Gasteiger partial charge on any atom is 0.264 e. The van der Waals surface area contributed by atoms with Crippen LogP contribution in [0.5, 0.6) is 0 Å². The minimum absolute atomic E-state index is 0.0918. The molecule has 2 rings (SSSR count). The summed E-state index contributed by atoms with van der Waals surface area (Å²) in [5.74, 6) is 0.795. The molecule has 0 unspecified atom stereocenters. The fourth-order valence-corrected chi connectivity index (χ4v) is 2.76. The lowest BCUT2D eigenvalue weighted by Gasteiger charge is -2.13. The van der Waals surface area contributed by atoms with E-state index >= 15 is 0 Å². The first-order valence-corrected chi connectivity index (χ1v) is 7.31. The smallest absolute Gasteiger partial charge is 0.264 e. The zero-order chi connectivity index (χ0) is 14.2. The van der Waals surface area contributed by atoms with Crippen LogP contribution in [0, 0.1) is 3.57 Å². The first-order valence-electron chi connectivity index (χ1n) is 6.23. The van der Waals surface area contributed by atoms with Crippen LogP contribution in [-0.2, 0) is 0 Å². The standard InChI is InChI=1S/C13H17IN4O/c1-7(2)11-10(14)13(19)17-12(16-11)9-5-15-6-18(9)8(3)4/h5-8H,1-4H3,(H,16,17,19). The monoisotopic (exact) mass is 372 g/mol. The Morgan fingerprint density at radius 2 is 2.00 bits per heavy atom. The summed E-state index contributed by atoms with van der Waals surface area (Å²) in [7, 11) is 0. The predicted octanol–water partition coefficient (Wildman–Crippen LogP) is 2.94. The van der Waals surface area contributed by atoms with Crippen molar-refractivity contribution in [3.63, 3.8) is 0 Å². The van der Waals surface area contributed by atoms with Gasteiger partial charge in [-0.2, -0.15) is 0 Å². The minimum atomic E-state index is -0.0918. The van der Waals surface area contributed by atoms with Gasteiger partial charge < -0.3 is 9.55 Å². The highest BCUT2D eigenvalue weighted by molar-refractivity contribution is 14.1. The molecule has 0 atom stereocenters. The summed E-state index contributed by atoms with van der Waals surface area (Å²) in [6, 6.07) is 0.268. The van der Waals surface area contributed by atoms with Gasteiger partial charge in [0.05, 0.1) is 21.8 Å². The summed E-state index contributed by atoms with van der Waals surface area (Å²) >= 11 is 2.05. The average Bonchev–Trinajstić information content (AvgIpc) is 2.81. The van der Waals surface area contributed by atoms with E-state index in [-0.39, 0.29) is 17.5 Å². The summed E-state index contributed by atoms with van der Waals surface area (Å²) < 4.78 is 2.65. The number of nitrogens with zero attached hydrogens (tertiary/aromatic N) is 3. The number of hydrogen-bond donors (Lipinski definition) is 1. The van der Waals surface area contributed by atoms with Crippen molar-refractivity contribution in [3.8, 4) is 11.5 Å². The molecule has 102 valence electrons. The largest absolute Gasteiger partial charge is 0.326 e. The molecule has 0 aliphatic heterocycles. The third kappa shape index (κ3) is 2.72. The Kier molecular flexibility index (Phi) is 4.07. The molecule has 19 heavy (non-hydrogen) atoms. The third-order valence-corrected chi connectivity index (χ3v) is 3.94. The summed E-state index contributed by atoms with van der Waals surface area (Å²) in [5.41, 5.74) is 1.58. The van der Waals surface area contributed by atoms with Crippen LogP contribution in [0.25, 0.3) is 11.5 Å². The van der Waals surface area contributed by atoms with Crippen LogP contribution in [0.2, 0.25) is 0 Å². The van der Waals surface area contributed by atoms with E-state index in [2.05, 4.69) is 28.8 Å². The molecular formula is C13H17IN4O. The Bertz CT molecular complexity index is 642. The molecule has 0 bridgehead atoms. The Morgan fingerprint density at radius 3 is 2.58 bits per heavy atom. The number of aromatic nitrogens is 4. The van der Waals surface area contributed by atoms with Gasteiger partial charge in [0.25, 0.3) is 5.56 Å². The normalized spacial score (nSPS) is 11.5. The second-order valence-electron chi connectivity index (χ2n) is 5.05. The van der Waals surface area contributed by atoms with Crippen molar-refractivity contribution < 1.29 is 0 Å². The maximum absolute atomic E-state index is 12.0. The molecule has 1 N–H and O–H groups in total. The van der Waals surface area contributed by atoms with E-state index in [4.69, 9.17) is 0 Å². The summed E-state index contributed by atoms with van der Waals surface area (Å²) in [6.45, 7) is 8.21. The van der Waals surface area contributed by atoms with Crippen LogP contribution in [0.3, 0.4) is 0 Å². The Labute approximate surface area is 125 Å². The second kappa shape index (κ2) is 5.44. The lowest BCUT2D eigenvalue weighted by atomic mass is 10.1. The van der Waals surface area contributed by atoms with E-state index in [1.807, 2.05) is 41.0 Å². The van der Waals surface area contributed by atoms with E-state index in [1.54, 1.807) is 12.5 Å². The second-order valence-corrected chi connectivity index (χ2v) is 6.13. The molecule has 0 aromatic carbocycles. The zero-order valence-corrected chi connectivity index (χ0v) is 13.6. The number of nitrogens with one attached hydrogen (secondary N) is 1.